The Balaban J connectivity index is 2.36. The van der Waals surface area contributed by atoms with E-state index in [0.717, 1.165) is 10.8 Å². The second-order valence-corrected chi connectivity index (χ2v) is 3.53. The van der Waals surface area contributed by atoms with Gasteiger partial charge in [-0.1, -0.05) is 12.1 Å². The second-order valence-electron chi connectivity index (χ2n) is 3.53. The minimum atomic E-state index is -1.03. The van der Waals surface area contributed by atoms with E-state index in [1.807, 2.05) is 4.98 Å². The molecule has 5 nitrogen and oxygen atoms in total. The number of nitrogens with one attached hydrogen (secondary N) is 1. The number of aromatic hydroxyl groups is 1. The summed E-state index contributed by atoms with van der Waals surface area (Å²) in [5.74, 6) is -0.905. The first-order chi connectivity index (χ1) is 8.06. The Labute approximate surface area is 94.8 Å². The summed E-state index contributed by atoms with van der Waals surface area (Å²) < 4.78 is 14.0. The van der Waals surface area contributed by atoms with Gasteiger partial charge in [-0.05, 0) is 17.7 Å². The number of hydrogen-bond acceptors (Lipinski definition) is 3. The molecule has 2 rings (SSSR count). The highest BCUT2D eigenvalue weighted by molar-refractivity contribution is 5.26. The van der Waals surface area contributed by atoms with Crippen LogP contribution in [0.15, 0.2) is 40.1 Å². The van der Waals surface area contributed by atoms with Crippen molar-refractivity contribution in [3.05, 3.63) is 62.7 Å². The summed E-state index contributed by atoms with van der Waals surface area (Å²) in [5.41, 5.74) is -1.00. The van der Waals surface area contributed by atoms with Gasteiger partial charge in [0.15, 0.2) is 0 Å². The summed E-state index contributed by atoms with van der Waals surface area (Å²) in [6, 6.07) is 6.13. The van der Waals surface area contributed by atoms with E-state index in [4.69, 9.17) is 5.11 Å². The number of benzene rings is 1. The van der Waals surface area contributed by atoms with Crippen LogP contribution in [-0.4, -0.2) is 14.7 Å². The van der Waals surface area contributed by atoms with Crippen LogP contribution < -0.4 is 11.2 Å². The monoisotopic (exact) mass is 236 g/mol. The molecule has 2 N–H and O–H groups in total. The lowest BCUT2D eigenvalue weighted by Gasteiger charge is -2.05. The molecule has 0 radical (unpaired) electrons. The van der Waals surface area contributed by atoms with Crippen molar-refractivity contribution in [2.24, 2.45) is 0 Å². The van der Waals surface area contributed by atoms with E-state index in [-0.39, 0.29) is 12.3 Å². The summed E-state index contributed by atoms with van der Waals surface area (Å²) in [7, 11) is 0. The Kier molecular flexibility index (Phi) is 2.78. The van der Waals surface area contributed by atoms with Crippen molar-refractivity contribution in [3.63, 3.8) is 0 Å². The van der Waals surface area contributed by atoms with Gasteiger partial charge in [0.1, 0.15) is 5.75 Å². The number of rotatable bonds is 2. The fourth-order valence-electron chi connectivity index (χ4n) is 1.40. The number of hydrogen-bond donors (Lipinski definition) is 2. The van der Waals surface area contributed by atoms with Gasteiger partial charge in [-0.2, -0.15) is 4.39 Å². The van der Waals surface area contributed by atoms with Crippen LogP contribution in [0.5, 0.6) is 5.75 Å². The van der Waals surface area contributed by atoms with Crippen LogP contribution in [0.4, 0.5) is 4.39 Å². The number of aromatic amines is 1. The Bertz CT molecular complexity index is 643. The van der Waals surface area contributed by atoms with Gasteiger partial charge < -0.3 is 5.11 Å². The first kappa shape index (κ1) is 11.1. The maximum absolute atomic E-state index is 13.0. The number of phenols is 1. The number of phenolic OH excluding ortho intramolecular Hbond substituents is 1. The molecule has 0 aliphatic heterocycles. The summed E-state index contributed by atoms with van der Waals surface area (Å²) in [4.78, 5) is 24.0. The second kappa shape index (κ2) is 4.25. The van der Waals surface area contributed by atoms with E-state index in [0.29, 0.717) is 5.56 Å². The van der Waals surface area contributed by atoms with Crippen molar-refractivity contribution in [2.45, 2.75) is 6.54 Å². The van der Waals surface area contributed by atoms with E-state index in [1.54, 1.807) is 12.1 Å². The highest BCUT2D eigenvalue weighted by atomic mass is 19.1. The molecule has 0 saturated heterocycles. The molecule has 0 atom stereocenters. The van der Waals surface area contributed by atoms with E-state index in [1.165, 1.54) is 12.1 Å². The maximum Gasteiger partial charge on any atom is 0.328 e. The molecule has 0 unspecified atom stereocenters. The molecule has 0 bridgehead atoms. The van der Waals surface area contributed by atoms with Crippen LogP contribution in [0.1, 0.15) is 5.56 Å². The van der Waals surface area contributed by atoms with Crippen molar-refractivity contribution < 1.29 is 9.50 Å². The van der Waals surface area contributed by atoms with Crippen LogP contribution in [0.3, 0.4) is 0 Å². The normalized spacial score (nSPS) is 10.4. The highest BCUT2D eigenvalue weighted by Crippen LogP contribution is 2.09. The quantitative estimate of drug-likeness (QED) is 0.794. The van der Waals surface area contributed by atoms with Crippen LogP contribution in [0, 0.1) is 5.82 Å². The first-order valence-corrected chi connectivity index (χ1v) is 4.83. The Morgan fingerprint density at radius 2 is 1.88 bits per heavy atom. The number of H-pyrrole nitrogens is 1. The SMILES string of the molecule is O=c1[nH]c(=O)n(Cc2ccc(O)cc2)cc1F. The zero-order chi connectivity index (χ0) is 12.4. The molecule has 0 aliphatic rings. The van der Waals surface area contributed by atoms with Crippen LogP contribution >= 0.6 is 0 Å². The zero-order valence-electron chi connectivity index (χ0n) is 8.68. The topological polar surface area (TPSA) is 75.1 Å². The predicted molar refractivity (Wildman–Crippen MR) is 58.5 cm³/mol. The molecule has 0 fully saturated rings. The molecule has 6 heteroatoms. The van der Waals surface area contributed by atoms with Gasteiger partial charge in [0.05, 0.1) is 12.7 Å². The van der Waals surface area contributed by atoms with E-state index in [9.17, 15) is 14.0 Å². The van der Waals surface area contributed by atoms with Crippen LogP contribution in [-0.2, 0) is 6.54 Å². The smallest absolute Gasteiger partial charge is 0.328 e. The largest absolute Gasteiger partial charge is 0.508 e. The third-order valence-corrected chi connectivity index (χ3v) is 2.26. The van der Waals surface area contributed by atoms with Gasteiger partial charge in [0.2, 0.25) is 5.82 Å². The highest BCUT2D eigenvalue weighted by Gasteiger charge is 2.04. The van der Waals surface area contributed by atoms with Gasteiger partial charge in [0.25, 0.3) is 5.56 Å². The van der Waals surface area contributed by atoms with Crippen molar-refractivity contribution in [1.82, 2.24) is 9.55 Å². The molecular formula is C11H9FN2O3. The molecule has 0 saturated carbocycles. The number of aromatic nitrogens is 2. The third kappa shape index (κ3) is 2.41. The molecule has 88 valence electrons. The minimum Gasteiger partial charge on any atom is -0.508 e. The molecule has 1 heterocycles. The summed E-state index contributed by atoms with van der Waals surface area (Å²) in [5, 5.41) is 9.08. The van der Waals surface area contributed by atoms with Crippen molar-refractivity contribution in [1.29, 1.82) is 0 Å². The van der Waals surface area contributed by atoms with Gasteiger partial charge in [0, 0.05) is 0 Å². The maximum atomic E-state index is 13.0. The minimum absolute atomic E-state index is 0.105. The number of halogens is 1. The number of nitrogens with zero attached hydrogens (tertiary/aromatic N) is 1. The lowest BCUT2D eigenvalue weighted by atomic mass is 10.2. The van der Waals surface area contributed by atoms with E-state index >= 15 is 0 Å². The molecule has 0 aliphatic carbocycles. The molecular weight excluding hydrogens is 227 g/mol. The predicted octanol–water partition coefficient (Wildman–Crippen LogP) is 0.430. The Morgan fingerprint density at radius 3 is 2.53 bits per heavy atom. The lowest BCUT2D eigenvalue weighted by molar-refractivity contribution is 0.475. The van der Waals surface area contributed by atoms with Crippen molar-refractivity contribution >= 4 is 0 Å². The Morgan fingerprint density at radius 1 is 1.24 bits per heavy atom. The summed E-state index contributed by atoms with van der Waals surface area (Å²) in [6.45, 7) is 0.118. The molecule has 17 heavy (non-hydrogen) atoms. The zero-order valence-corrected chi connectivity index (χ0v) is 8.68. The molecule has 1 aromatic heterocycles. The third-order valence-electron chi connectivity index (χ3n) is 2.26. The Hall–Kier alpha value is -2.37. The lowest BCUT2D eigenvalue weighted by Crippen LogP contribution is -2.31. The first-order valence-electron chi connectivity index (χ1n) is 4.83. The van der Waals surface area contributed by atoms with Gasteiger partial charge in [-0.3, -0.25) is 14.3 Å². The molecule has 1 aromatic carbocycles. The van der Waals surface area contributed by atoms with Gasteiger partial charge in [-0.15, -0.1) is 0 Å². The fraction of sp³-hybridized carbons (Fsp3) is 0.0909. The summed E-state index contributed by atoms with van der Waals surface area (Å²) >= 11 is 0. The molecule has 2 aromatic rings. The average molecular weight is 236 g/mol. The summed E-state index contributed by atoms with van der Waals surface area (Å²) in [6.07, 6.45) is 0.855. The molecule has 0 spiro atoms. The molecule has 0 amide bonds. The van der Waals surface area contributed by atoms with Crippen LogP contribution in [0.2, 0.25) is 0 Å². The van der Waals surface area contributed by atoms with Gasteiger partial charge >= 0.3 is 5.69 Å². The van der Waals surface area contributed by atoms with E-state index in [2.05, 4.69) is 0 Å². The van der Waals surface area contributed by atoms with Crippen molar-refractivity contribution in [2.75, 3.05) is 0 Å². The van der Waals surface area contributed by atoms with Gasteiger partial charge in [-0.25, -0.2) is 4.79 Å². The van der Waals surface area contributed by atoms with Crippen LogP contribution in [0.25, 0.3) is 0 Å². The fourth-order valence-corrected chi connectivity index (χ4v) is 1.40. The standard InChI is InChI=1S/C11H9FN2O3/c12-9-6-14(11(17)13-10(9)16)5-7-1-3-8(15)4-2-7/h1-4,6,15H,5H2,(H,13,16,17). The van der Waals surface area contributed by atoms with E-state index < -0.39 is 17.1 Å². The average Bonchev–Trinajstić information content (AvgIpc) is 2.29. The van der Waals surface area contributed by atoms with Crippen molar-refractivity contribution in [3.8, 4) is 5.75 Å².